The van der Waals surface area contributed by atoms with Gasteiger partial charge in [0.05, 0.1) is 25.4 Å². The predicted molar refractivity (Wildman–Crippen MR) is 120 cm³/mol. The summed E-state index contributed by atoms with van der Waals surface area (Å²) >= 11 is 0. The van der Waals surface area contributed by atoms with E-state index in [1.165, 1.54) is 12.0 Å². The van der Waals surface area contributed by atoms with Gasteiger partial charge in [-0.15, -0.1) is 0 Å². The second-order valence-corrected chi connectivity index (χ2v) is 8.43. The molecule has 2 aliphatic heterocycles. The van der Waals surface area contributed by atoms with Crippen molar-refractivity contribution in [2.75, 3.05) is 20.2 Å². The van der Waals surface area contributed by atoms with Crippen LogP contribution in [0.1, 0.15) is 55.3 Å². The van der Waals surface area contributed by atoms with Crippen molar-refractivity contribution in [2.45, 2.75) is 51.6 Å². The zero-order valence-corrected chi connectivity index (χ0v) is 18.2. The predicted octanol–water partition coefficient (Wildman–Crippen LogP) is 4.56. The van der Waals surface area contributed by atoms with E-state index in [2.05, 4.69) is 43.0 Å². The molecule has 1 saturated heterocycles. The Morgan fingerprint density at radius 1 is 1.13 bits per heavy atom. The van der Waals surface area contributed by atoms with Crippen molar-refractivity contribution in [1.29, 1.82) is 0 Å². The molecule has 0 bridgehead atoms. The first kappa shape index (κ1) is 20.6. The van der Waals surface area contributed by atoms with Crippen LogP contribution in [0.5, 0.6) is 5.75 Å². The van der Waals surface area contributed by atoms with Crippen LogP contribution in [0.15, 0.2) is 53.6 Å². The molecular formula is C25H31N3O2. The van der Waals surface area contributed by atoms with E-state index in [9.17, 15) is 4.79 Å². The standard InChI is InChI=1S/C25H31N3O2/c1-18-11-13-20(14-12-18)22-16-23(21-9-4-5-10-24(21)30-3)28(26-22)25(29)17-27-15-7-6-8-19(27)2/h4-5,9-14,19,23H,6-8,15-17H2,1-3H3. The molecule has 0 radical (unpaired) electrons. The molecule has 1 fully saturated rings. The highest BCUT2D eigenvalue weighted by Crippen LogP contribution is 2.37. The molecule has 5 heteroatoms. The van der Waals surface area contributed by atoms with Gasteiger partial charge in [-0.2, -0.15) is 5.10 Å². The molecule has 0 N–H and O–H groups in total. The normalized spacial score (nSPS) is 22.1. The second-order valence-electron chi connectivity index (χ2n) is 8.43. The van der Waals surface area contributed by atoms with E-state index in [0.29, 0.717) is 19.0 Å². The molecule has 2 heterocycles. The number of benzene rings is 2. The third kappa shape index (κ3) is 4.26. The average Bonchev–Trinajstić information content (AvgIpc) is 3.21. The SMILES string of the molecule is COc1ccccc1C1CC(c2ccc(C)cc2)=NN1C(=O)CN1CCCCC1C. The summed E-state index contributed by atoms with van der Waals surface area (Å²) in [4.78, 5) is 15.7. The number of rotatable bonds is 5. The molecule has 2 atom stereocenters. The molecule has 0 aromatic heterocycles. The lowest BCUT2D eigenvalue weighted by molar-refractivity contribution is -0.135. The highest BCUT2D eigenvalue weighted by Gasteiger charge is 2.35. The molecule has 4 rings (SSSR count). The summed E-state index contributed by atoms with van der Waals surface area (Å²) in [5.41, 5.74) is 4.24. The molecule has 2 aromatic carbocycles. The number of piperidine rings is 1. The Labute approximate surface area is 179 Å². The van der Waals surface area contributed by atoms with Gasteiger partial charge in [0, 0.05) is 18.0 Å². The van der Waals surface area contributed by atoms with Crippen molar-refractivity contribution in [2.24, 2.45) is 5.10 Å². The number of carbonyl (C=O) groups excluding carboxylic acids is 1. The highest BCUT2D eigenvalue weighted by molar-refractivity contribution is 6.03. The molecule has 158 valence electrons. The molecular weight excluding hydrogens is 374 g/mol. The fourth-order valence-corrected chi connectivity index (χ4v) is 4.48. The summed E-state index contributed by atoms with van der Waals surface area (Å²) in [7, 11) is 1.68. The molecule has 2 unspecified atom stereocenters. The average molecular weight is 406 g/mol. The number of likely N-dealkylation sites (tertiary alicyclic amines) is 1. The molecule has 30 heavy (non-hydrogen) atoms. The molecule has 2 aliphatic rings. The highest BCUT2D eigenvalue weighted by atomic mass is 16.5. The van der Waals surface area contributed by atoms with Crippen molar-refractivity contribution < 1.29 is 9.53 Å². The topological polar surface area (TPSA) is 45.1 Å². The lowest BCUT2D eigenvalue weighted by atomic mass is 9.97. The molecule has 0 aliphatic carbocycles. The van der Waals surface area contributed by atoms with E-state index in [1.807, 2.05) is 24.3 Å². The first-order chi connectivity index (χ1) is 14.6. The minimum absolute atomic E-state index is 0.0572. The number of nitrogens with zero attached hydrogens (tertiary/aromatic N) is 3. The first-order valence-corrected chi connectivity index (χ1v) is 10.9. The number of para-hydroxylation sites is 1. The fraction of sp³-hybridized carbons (Fsp3) is 0.440. The van der Waals surface area contributed by atoms with Gasteiger partial charge in [-0.1, -0.05) is 54.4 Å². The Morgan fingerprint density at radius 3 is 2.63 bits per heavy atom. The number of methoxy groups -OCH3 is 1. The molecule has 2 aromatic rings. The van der Waals surface area contributed by atoms with E-state index < -0.39 is 0 Å². The van der Waals surface area contributed by atoms with Gasteiger partial charge in [-0.3, -0.25) is 9.69 Å². The van der Waals surface area contributed by atoms with Crippen molar-refractivity contribution in [3.63, 3.8) is 0 Å². The molecule has 0 saturated carbocycles. The number of amides is 1. The summed E-state index contributed by atoms with van der Waals surface area (Å²) in [6.07, 6.45) is 4.24. The summed E-state index contributed by atoms with van der Waals surface area (Å²) in [6, 6.07) is 16.6. The maximum atomic E-state index is 13.4. The van der Waals surface area contributed by atoms with Gasteiger partial charge in [0.15, 0.2) is 0 Å². The van der Waals surface area contributed by atoms with Gasteiger partial charge < -0.3 is 4.74 Å². The quantitative estimate of drug-likeness (QED) is 0.733. The van der Waals surface area contributed by atoms with E-state index in [0.717, 1.165) is 42.0 Å². The van der Waals surface area contributed by atoms with Crippen LogP contribution in [0.2, 0.25) is 0 Å². The minimum Gasteiger partial charge on any atom is -0.496 e. The van der Waals surface area contributed by atoms with Crippen LogP contribution >= 0.6 is 0 Å². The monoisotopic (exact) mass is 405 g/mol. The van der Waals surface area contributed by atoms with Crippen molar-refractivity contribution in [1.82, 2.24) is 9.91 Å². The molecule has 0 spiro atoms. The third-order valence-corrected chi connectivity index (χ3v) is 6.33. The van der Waals surface area contributed by atoms with Crippen LogP contribution < -0.4 is 4.74 Å². The van der Waals surface area contributed by atoms with Gasteiger partial charge in [-0.25, -0.2) is 5.01 Å². The van der Waals surface area contributed by atoms with Crippen LogP contribution in [0.4, 0.5) is 0 Å². The number of ether oxygens (including phenoxy) is 1. The Kier molecular flexibility index (Phi) is 6.18. The van der Waals surface area contributed by atoms with Crippen LogP contribution in [-0.4, -0.2) is 47.8 Å². The zero-order valence-electron chi connectivity index (χ0n) is 18.2. The molecule has 5 nitrogen and oxygen atoms in total. The first-order valence-electron chi connectivity index (χ1n) is 10.9. The third-order valence-electron chi connectivity index (χ3n) is 6.33. The molecule has 1 amide bonds. The lowest BCUT2D eigenvalue weighted by Crippen LogP contribution is -2.44. The number of hydrazone groups is 1. The Morgan fingerprint density at radius 2 is 1.90 bits per heavy atom. The van der Waals surface area contributed by atoms with Crippen molar-refractivity contribution in [3.05, 3.63) is 65.2 Å². The Bertz CT molecular complexity index is 922. The largest absolute Gasteiger partial charge is 0.496 e. The van der Waals surface area contributed by atoms with Gasteiger partial charge in [0.25, 0.3) is 5.91 Å². The van der Waals surface area contributed by atoms with Gasteiger partial charge in [0.1, 0.15) is 5.75 Å². The van der Waals surface area contributed by atoms with Crippen LogP contribution in [0, 0.1) is 6.92 Å². The number of carbonyl (C=O) groups is 1. The van der Waals surface area contributed by atoms with Crippen molar-refractivity contribution >= 4 is 11.6 Å². The number of hydrogen-bond donors (Lipinski definition) is 0. The van der Waals surface area contributed by atoms with Crippen LogP contribution in [0.25, 0.3) is 0 Å². The maximum absolute atomic E-state index is 13.4. The lowest BCUT2D eigenvalue weighted by Gasteiger charge is -2.34. The zero-order chi connectivity index (χ0) is 21.1. The second kappa shape index (κ2) is 9.00. The minimum atomic E-state index is -0.148. The van der Waals surface area contributed by atoms with Crippen molar-refractivity contribution in [3.8, 4) is 5.75 Å². The Balaban J connectivity index is 1.64. The Hall–Kier alpha value is -2.66. The van der Waals surface area contributed by atoms with E-state index >= 15 is 0 Å². The maximum Gasteiger partial charge on any atom is 0.257 e. The van der Waals surface area contributed by atoms with Gasteiger partial charge in [-0.05, 0) is 44.9 Å². The summed E-state index contributed by atoms with van der Waals surface area (Å²) in [6.45, 7) is 5.69. The van der Waals surface area contributed by atoms with Crippen LogP contribution in [0.3, 0.4) is 0 Å². The number of hydrogen-bond acceptors (Lipinski definition) is 4. The summed E-state index contributed by atoms with van der Waals surface area (Å²) < 4.78 is 5.61. The van der Waals surface area contributed by atoms with Crippen LogP contribution in [-0.2, 0) is 4.79 Å². The van der Waals surface area contributed by atoms with Gasteiger partial charge >= 0.3 is 0 Å². The summed E-state index contributed by atoms with van der Waals surface area (Å²) in [5.74, 6) is 0.855. The summed E-state index contributed by atoms with van der Waals surface area (Å²) in [5, 5.41) is 6.53. The van der Waals surface area contributed by atoms with Gasteiger partial charge in [0.2, 0.25) is 0 Å². The van der Waals surface area contributed by atoms with E-state index in [4.69, 9.17) is 9.84 Å². The van der Waals surface area contributed by atoms with E-state index in [-0.39, 0.29) is 11.9 Å². The number of aryl methyl sites for hydroxylation is 1. The van der Waals surface area contributed by atoms with E-state index in [1.54, 1.807) is 12.1 Å². The smallest absolute Gasteiger partial charge is 0.257 e. The fourth-order valence-electron chi connectivity index (χ4n) is 4.48.